The van der Waals surface area contributed by atoms with Crippen LogP contribution in [0.5, 0.6) is 5.75 Å². The van der Waals surface area contributed by atoms with Gasteiger partial charge in [0.25, 0.3) is 5.91 Å². The lowest BCUT2D eigenvalue weighted by atomic mass is 10.1. The SMILES string of the molecule is CCCCSc1nnc(CNC(=O)c2ccc(OC)cc2)n1-c1cc(C)ccc1C. The Labute approximate surface area is 182 Å². The molecular weight excluding hydrogens is 396 g/mol. The Morgan fingerprint density at radius 3 is 2.60 bits per heavy atom. The number of nitrogens with one attached hydrogen (secondary N) is 1. The van der Waals surface area contributed by atoms with E-state index in [9.17, 15) is 4.79 Å². The summed E-state index contributed by atoms with van der Waals surface area (Å²) >= 11 is 1.70. The molecule has 3 aromatic rings. The molecule has 30 heavy (non-hydrogen) atoms. The lowest BCUT2D eigenvalue weighted by Gasteiger charge is -2.14. The molecule has 0 aliphatic carbocycles. The minimum Gasteiger partial charge on any atom is -0.497 e. The summed E-state index contributed by atoms with van der Waals surface area (Å²) in [6, 6.07) is 13.4. The van der Waals surface area contributed by atoms with E-state index in [2.05, 4.69) is 59.1 Å². The number of nitrogens with zero attached hydrogens (tertiary/aromatic N) is 3. The molecule has 0 spiro atoms. The lowest BCUT2D eigenvalue weighted by molar-refractivity contribution is 0.0949. The fourth-order valence-corrected chi connectivity index (χ4v) is 4.07. The maximum absolute atomic E-state index is 12.6. The topological polar surface area (TPSA) is 69.0 Å². The Balaban J connectivity index is 1.84. The Bertz CT molecular complexity index is 999. The Hall–Kier alpha value is -2.80. The predicted octanol–water partition coefficient (Wildman–Crippen LogP) is 4.71. The second-order valence-corrected chi connectivity index (χ2v) is 8.20. The summed E-state index contributed by atoms with van der Waals surface area (Å²) in [6.07, 6.45) is 2.25. The normalized spacial score (nSPS) is 10.8. The van der Waals surface area contributed by atoms with Crippen LogP contribution in [0.4, 0.5) is 0 Å². The molecule has 0 aliphatic heterocycles. The Kier molecular flexibility index (Phi) is 7.52. The van der Waals surface area contributed by atoms with Crippen LogP contribution in [-0.2, 0) is 6.54 Å². The maximum Gasteiger partial charge on any atom is 0.251 e. The van der Waals surface area contributed by atoms with Gasteiger partial charge < -0.3 is 10.1 Å². The molecule has 2 aromatic carbocycles. The monoisotopic (exact) mass is 424 g/mol. The van der Waals surface area contributed by atoms with Gasteiger partial charge in [-0.3, -0.25) is 9.36 Å². The average molecular weight is 425 g/mol. The third kappa shape index (κ3) is 5.21. The molecule has 6 nitrogen and oxygen atoms in total. The molecule has 7 heteroatoms. The highest BCUT2D eigenvalue weighted by atomic mass is 32.2. The van der Waals surface area contributed by atoms with E-state index in [1.165, 1.54) is 5.56 Å². The smallest absolute Gasteiger partial charge is 0.251 e. The van der Waals surface area contributed by atoms with Gasteiger partial charge in [-0.2, -0.15) is 0 Å². The molecule has 3 rings (SSSR count). The highest BCUT2D eigenvalue weighted by Gasteiger charge is 2.17. The molecule has 1 amide bonds. The van der Waals surface area contributed by atoms with Crippen LogP contribution in [0.2, 0.25) is 0 Å². The molecule has 1 aromatic heterocycles. The van der Waals surface area contributed by atoms with Crippen LogP contribution < -0.4 is 10.1 Å². The number of rotatable bonds is 9. The summed E-state index contributed by atoms with van der Waals surface area (Å²) in [7, 11) is 1.60. The maximum atomic E-state index is 12.6. The number of carbonyl (C=O) groups excluding carboxylic acids is 1. The molecule has 0 aliphatic rings. The summed E-state index contributed by atoms with van der Waals surface area (Å²) in [4.78, 5) is 12.6. The number of amides is 1. The predicted molar refractivity (Wildman–Crippen MR) is 121 cm³/mol. The summed E-state index contributed by atoms with van der Waals surface area (Å²) in [6.45, 7) is 6.62. The van der Waals surface area contributed by atoms with Gasteiger partial charge in [-0.15, -0.1) is 10.2 Å². The van der Waals surface area contributed by atoms with E-state index >= 15 is 0 Å². The van der Waals surface area contributed by atoms with Crippen molar-refractivity contribution in [2.45, 2.75) is 45.3 Å². The van der Waals surface area contributed by atoms with Gasteiger partial charge >= 0.3 is 0 Å². The zero-order valence-corrected chi connectivity index (χ0v) is 18.8. The summed E-state index contributed by atoms with van der Waals surface area (Å²) in [5.41, 5.74) is 3.93. The molecule has 1 N–H and O–H groups in total. The van der Waals surface area contributed by atoms with Crippen LogP contribution in [0, 0.1) is 13.8 Å². The van der Waals surface area contributed by atoms with Crippen LogP contribution in [0.25, 0.3) is 5.69 Å². The van der Waals surface area contributed by atoms with Crippen molar-refractivity contribution < 1.29 is 9.53 Å². The van der Waals surface area contributed by atoms with Crippen LogP contribution in [-0.4, -0.2) is 33.5 Å². The second-order valence-electron chi connectivity index (χ2n) is 7.14. The van der Waals surface area contributed by atoms with Gasteiger partial charge in [0.2, 0.25) is 0 Å². The zero-order valence-electron chi connectivity index (χ0n) is 17.9. The van der Waals surface area contributed by atoms with E-state index in [-0.39, 0.29) is 5.91 Å². The number of aryl methyl sites for hydroxylation is 2. The molecule has 0 atom stereocenters. The molecule has 0 saturated heterocycles. The molecule has 0 fully saturated rings. The Morgan fingerprint density at radius 2 is 1.90 bits per heavy atom. The molecule has 158 valence electrons. The second kappa shape index (κ2) is 10.3. The van der Waals surface area contributed by atoms with Gasteiger partial charge in [-0.1, -0.05) is 37.2 Å². The zero-order chi connectivity index (χ0) is 21.5. The number of unbranched alkanes of at least 4 members (excludes halogenated alkanes) is 1. The number of benzene rings is 2. The lowest BCUT2D eigenvalue weighted by Crippen LogP contribution is -2.24. The molecule has 1 heterocycles. The van der Waals surface area contributed by atoms with Crippen molar-refractivity contribution in [2.75, 3.05) is 12.9 Å². The quantitative estimate of drug-likeness (QED) is 0.398. The van der Waals surface area contributed by atoms with Crippen molar-refractivity contribution >= 4 is 17.7 Å². The van der Waals surface area contributed by atoms with Crippen LogP contribution in [0.3, 0.4) is 0 Å². The summed E-state index contributed by atoms with van der Waals surface area (Å²) in [5.74, 6) is 2.26. The van der Waals surface area contributed by atoms with Crippen molar-refractivity contribution in [3.63, 3.8) is 0 Å². The molecule has 0 saturated carbocycles. The van der Waals surface area contributed by atoms with E-state index in [1.54, 1.807) is 43.1 Å². The van der Waals surface area contributed by atoms with Gasteiger partial charge in [0.1, 0.15) is 5.75 Å². The molecule has 0 bridgehead atoms. The fraction of sp³-hybridized carbons (Fsp3) is 0.348. The number of hydrogen-bond acceptors (Lipinski definition) is 5. The number of carbonyl (C=O) groups is 1. The first-order valence-electron chi connectivity index (χ1n) is 10.1. The van der Waals surface area contributed by atoms with E-state index in [0.717, 1.165) is 40.8 Å². The van der Waals surface area contributed by atoms with Crippen molar-refractivity contribution in [3.05, 3.63) is 65.0 Å². The van der Waals surface area contributed by atoms with Crippen molar-refractivity contribution in [1.82, 2.24) is 20.1 Å². The van der Waals surface area contributed by atoms with Crippen molar-refractivity contribution in [1.29, 1.82) is 0 Å². The number of thioether (sulfide) groups is 1. The standard InChI is InChI=1S/C23H28N4O2S/c1-5-6-13-30-23-26-25-21(27(23)20-14-16(2)7-8-17(20)3)15-24-22(28)18-9-11-19(29-4)12-10-18/h7-12,14H,5-6,13,15H2,1-4H3,(H,24,28). The number of ether oxygens (including phenoxy) is 1. The van der Waals surface area contributed by atoms with Crippen molar-refractivity contribution in [2.24, 2.45) is 0 Å². The van der Waals surface area contributed by atoms with E-state index < -0.39 is 0 Å². The Morgan fingerprint density at radius 1 is 1.13 bits per heavy atom. The number of aromatic nitrogens is 3. The minimum absolute atomic E-state index is 0.159. The van der Waals surface area contributed by atoms with Gasteiger partial charge in [0, 0.05) is 11.3 Å². The first kappa shape index (κ1) is 21.9. The first-order valence-corrected chi connectivity index (χ1v) is 11.1. The van der Waals surface area contributed by atoms with Crippen LogP contribution in [0.15, 0.2) is 47.6 Å². The van der Waals surface area contributed by atoms with Gasteiger partial charge in [0.05, 0.1) is 19.3 Å². The van der Waals surface area contributed by atoms with E-state index in [1.807, 2.05) is 0 Å². The summed E-state index contributed by atoms with van der Waals surface area (Å²) in [5, 5.41) is 12.6. The third-order valence-electron chi connectivity index (χ3n) is 4.79. The third-order valence-corrected chi connectivity index (χ3v) is 5.81. The first-order chi connectivity index (χ1) is 14.5. The molecule has 0 unspecified atom stereocenters. The number of hydrogen-bond donors (Lipinski definition) is 1. The van der Waals surface area contributed by atoms with Gasteiger partial charge in [-0.25, -0.2) is 0 Å². The number of methoxy groups -OCH3 is 1. The highest BCUT2D eigenvalue weighted by Crippen LogP contribution is 2.26. The van der Waals surface area contributed by atoms with E-state index in [0.29, 0.717) is 17.9 Å². The van der Waals surface area contributed by atoms with Crippen LogP contribution in [0.1, 0.15) is 47.1 Å². The van der Waals surface area contributed by atoms with E-state index in [4.69, 9.17) is 4.74 Å². The van der Waals surface area contributed by atoms with Crippen LogP contribution >= 0.6 is 11.8 Å². The molecular formula is C23H28N4O2S. The highest BCUT2D eigenvalue weighted by molar-refractivity contribution is 7.99. The average Bonchev–Trinajstić information content (AvgIpc) is 3.16. The van der Waals surface area contributed by atoms with Crippen molar-refractivity contribution in [3.8, 4) is 11.4 Å². The molecule has 0 radical (unpaired) electrons. The summed E-state index contributed by atoms with van der Waals surface area (Å²) < 4.78 is 7.22. The fourth-order valence-electron chi connectivity index (χ4n) is 3.02. The minimum atomic E-state index is -0.159. The van der Waals surface area contributed by atoms with Gasteiger partial charge in [-0.05, 0) is 61.7 Å². The van der Waals surface area contributed by atoms with Gasteiger partial charge in [0.15, 0.2) is 11.0 Å². The largest absolute Gasteiger partial charge is 0.497 e.